The number of rotatable bonds is 7. The third kappa shape index (κ3) is 5.65. The highest BCUT2D eigenvalue weighted by Gasteiger charge is 2.25. The minimum atomic E-state index is -0.625. The molecule has 1 unspecified atom stereocenters. The lowest BCUT2D eigenvalue weighted by Crippen LogP contribution is -2.49. The maximum absolute atomic E-state index is 12.9. The SMILES string of the molecule is COCC(C)(CCO)NC(=O)/C=C(/C)c1ccc(F)cc1. The molecule has 1 aromatic carbocycles. The van der Waals surface area contributed by atoms with Crippen molar-refractivity contribution in [1.29, 1.82) is 0 Å². The van der Waals surface area contributed by atoms with Crippen molar-refractivity contribution in [2.45, 2.75) is 25.8 Å². The Morgan fingerprint density at radius 2 is 2.05 bits per heavy atom. The molecule has 1 amide bonds. The summed E-state index contributed by atoms with van der Waals surface area (Å²) in [4.78, 5) is 12.1. The number of methoxy groups -OCH3 is 1. The average molecular weight is 295 g/mol. The maximum atomic E-state index is 12.9. The third-order valence-corrected chi connectivity index (χ3v) is 3.20. The summed E-state index contributed by atoms with van der Waals surface area (Å²) in [6.07, 6.45) is 1.86. The highest BCUT2D eigenvalue weighted by molar-refractivity contribution is 5.95. The summed E-state index contributed by atoms with van der Waals surface area (Å²) in [7, 11) is 1.54. The molecule has 0 spiro atoms. The number of aliphatic hydroxyl groups excluding tert-OH is 1. The summed E-state index contributed by atoms with van der Waals surface area (Å²) < 4.78 is 17.9. The Hall–Kier alpha value is -1.72. The fraction of sp³-hybridized carbons (Fsp3) is 0.438. The molecule has 1 aromatic rings. The van der Waals surface area contributed by atoms with Gasteiger partial charge in [0.25, 0.3) is 0 Å². The van der Waals surface area contributed by atoms with Crippen molar-refractivity contribution in [2.24, 2.45) is 0 Å². The molecule has 0 fully saturated rings. The highest BCUT2D eigenvalue weighted by atomic mass is 19.1. The van der Waals surface area contributed by atoms with Crippen LogP contribution >= 0.6 is 0 Å². The molecule has 4 nitrogen and oxygen atoms in total. The Morgan fingerprint density at radius 3 is 2.57 bits per heavy atom. The van der Waals surface area contributed by atoms with E-state index >= 15 is 0 Å². The summed E-state index contributed by atoms with van der Waals surface area (Å²) in [6, 6.07) is 5.95. The molecule has 0 radical (unpaired) electrons. The minimum absolute atomic E-state index is 0.0409. The fourth-order valence-electron chi connectivity index (χ4n) is 2.06. The van der Waals surface area contributed by atoms with Crippen molar-refractivity contribution in [3.8, 4) is 0 Å². The zero-order valence-electron chi connectivity index (χ0n) is 12.6. The van der Waals surface area contributed by atoms with Crippen LogP contribution in [0.2, 0.25) is 0 Å². The molecule has 116 valence electrons. The number of carbonyl (C=O) groups excluding carboxylic acids is 1. The van der Waals surface area contributed by atoms with E-state index in [-0.39, 0.29) is 18.3 Å². The van der Waals surface area contributed by atoms with Crippen LogP contribution < -0.4 is 5.32 Å². The lowest BCUT2D eigenvalue weighted by molar-refractivity contribution is -0.119. The van der Waals surface area contributed by atoms with E-state index in [1.54, 1.807) is 26.2 Å². The number of carbonyl (C=O) groups is 1. The lowest BCUT2D eigenvalue weighted by atomic mass is 9.99. The van der Waals surface area contributed by atoms with Crippen LogP contribution in [0.1, 0.15) is 25.8 Å². The second-order valence-electron chi connectivity index (χ2n) is 5.29. The molecule has 0 aliphatic heterocycles. The fourth-order valence-corrected chi connectivity index (χ4v) is 2.06. The van der Waals surface area contributed by atoms with Gasteiger partial charge in [0.15, 0.2) is 0 Å². The van der Waals surface area contributed by atoms with Crippen LogP contribution in [-0.4, -0.2) is 36.9 Å². The van der Waals surface area contributed by atoms with Gasteiger partial charge in [-0.25, -0.2) is 4.39 Å². The summed E-state index contributed by atoms with van der Waals surface area (Å²) in [5.41, 5.74) is 0.888. The normalized spacial score (nSPS) is 14.6. The van der Waals surface area contributed by atoms with Gasteiger partial charge in [-0.15, -0.1) is 0 Å². The van der Waals surface area contributed by atoms with Gasteiger partial charge in [0.1, 0.15) is 5.82 Å². The van der Waals surface area contributed by atoms with Gasteiger partial charge in [0, 0.05) is 19.8 Å². The zero-order valence-corrected chi connectivity index (χ0v) is 12.6. The van der Waals surface area contributed by atoms with Gasteiger partial charge in [-0.3, -0.25) is 4.79 Å². The van der Waals surface area contributed by atoms with Crippen molar-refractivity contribution in [1.82, 2.24) is 5.32 Å². The summed E-state index contributed by atoms with van der Waals surface area (Å²) >= 11 is 0. The summed E-state index contributed by atoms with van der Waals surface area (Å²) in [5, 5.41) is 11.9. The topological polar surface area (TPSA) is 58.6 Å². The number of hydrogen-bond donors (Lipinski definition) is 2. The van der Waals surface area contributed by atoms with Crippen LogP contribution in [0.25, 0.3) is 5.57 Å². The molecule has 0 aliphatic carbocycles. The molecule has 0 aliphatic rings. The number of halogens is 1. The number of nitrogens with one attached hydrogen (secondary N) is 1. The first-order valence-electron chi connectivity index (χ1n) is 6.76. The number of amides is 1. The standard InChI is InChI=1S/C16H22FNO3/c1-12(13-4-6-14(17)7-5-13)10-15(20)18-16(2,8-9-19)11-21-3/h4-7,10,19H,8-9,11H2,1-3H3,(H,18,20)/b12-10-. The number of aliphatic hydroxyl groups is 1. The first kappa shape index (κ1) is 17.3. The Kier molecular flexibility index (Phi) is 6.52. The number of allylic oxidation sites excluding steroid dienone is 1. The Labute approximate surface area is 124 Å². The van der Waals surface area contributed by atoms with E-state index in [0.29, 0.717) is 13.0 Å². The van der Waals surface area contributed by atoms with Gasteiger partial charge in [-0.05, 0) is 43.5 Å². The van der Waals surface area contributed by atoms with E-state index in [2.05, 4.69) is 5.32 Å². The van der Waals surface area contributed by atoms with E-state index in [1.807, 2.05) is 6.92 Å². The Balaban J connectivity index is 2.78. The predicted octanol–water partition coefficient (Wildman–Crippen LogP) is 2.13. The molecule has 0 aromatic heterocycles. The van der Waals surface area contributed by atoms with Crippen molar-refractivity contribution in [2.75, 3.05) is 20.3 Å². The zero-order chi connectivity index (χ0) is 15.9. The van der Waals surface area contributed by atoms with Crippen molar-refractivity contribution in [3.05, 3.63) is 41.7 Å². The van der Waals surface area contributed by atoms with Crippen molar-refractivity contribution >= 4 is 11.5 Å². The number of hydrogen-bond acceptors (Lipinski definition) is 3. The van der Waals surface area contributed by atoms with Crippen LogP contribution in [0.5, 0.6) is 0 Å². The average Bonchev–Trinajstić information content (AvgIpc) is 2.39. The van der Waals surface area contributed by atoms with Crippen LogP contribution in [0.15, 0.2) is 30.3 Å². The highest BCUT2D eigenvalue weighted by Crippen LogP contribution is 2.15. The van der Waals surface area contributed by atoms with Crippen LogP contribution in [0, 0.1) is 5.82 Å². The van der Waals surface area contributed by atoms with Crippen molar-refractivity contribution < 1.29 is 19.0 Å². The van der Waals surface area contributed by atoms with E-state index in [4.69, 9.17) is 9.84 Å². The maximum Gasteiger partial charge on any atom is 0.244 e. The van der Waals surface area contributed by atoms with Gasteiger partial charge in [-0.1, -0.05) is 12.1 Å². The molecule has 0 bridgehead atoms. The smallest absolute Gasteiger partial charge is 0.244 e. The molecule has 0 heterocycles. The molecule has 1 rings (SSSR count). The quantitative estimate of drug-likeness (QED) is 0.758. The molecule has 0 saturated carbocycles. The van der Waals surface area contributed by atoms with E-state index in [0.717, 1.165) is 11.1 Å². The number of benzene rings is 1. The monoisotopic (exact) mass is 295 g/mol. The summed E-state index contributed by atoms with van der Waals surface area (Å²) in [6.45, 7) is 3.86. The molecular formula is C16H22FNO3. The van der Waals surface area contributed by atoms with Crippen LogP contribution in [-0.2, 0) is 9.53 Å². The molecule has 21 heavy (non-hydrogen) atoms. The van der Waals surface area contributed by atoms with Crippen molar-refractivity contribution in [3.63, 3.8) is 0 Å². The van der Waals surface area contributed by atoms with Gasteiger partial charge in [0.2, 0.25) is 5.91 Å². The molecule has 1 atom stereocenters. The largest absolute Gasteiger partial charge is 0.396 e. The van der Waals surface area contributed by atoms with Crippen LogP contribution in [0.4, 0.5) is 4.39 Å². The minimum Gasteiger partial charge on any atom is -0.396 e. The Morgan fingerprint density at radius 1 is 1.43 bits per heavy atom. The van der Waals surface area contributed by atoms with Gasteiger partial charge in [-0.2, -0.15) is 0 Å². The van der Waals surface area contributed by atoms with E-state index < -0.39 is 5.54 Å². The Bertz CT molecular complexity index is 491. The van der Waals surface area contributed by atoms with E-state index in [9.17, 15) is 9.18 Å². The second-order valence-corrected chi connectivity index (χ2v) is 5.29. The van der Waals surface area contributed by atoms with Gasteiger partial charge in [0.05, 0.1) is 12.1 Å². The number of ether oxygens (including phenoxy) is 1. The molecule has 5 heteroatoms. The lowest BCUT2D eigenvalue weighted by Gasteiger charge is -2.29. The second kappa shape index (κ2) is 7.90. The summed E-state index contributed by atoms with van der Waals surface area (Å²) in [5.74, 6) is -0.587. The third-order valence-electron chi connectivity index (χ3n) is 3.20. The molecule has 0 saturated heterocycles. The van der Waals surface area contributed by atoms with Gasteiger partial charge < -0.3 is 15.2 Å². The predicted molar refractivity (Wildman–Crippen MR) is 80.2 cm³/mol. The van der Waals surface area contributed by atoms with E-state index in [1.165, 1.54) is 18.2 Å². The first-order valence-corrected chi connectivity index (χ1v) is 6.76. The first-order chi connectivity index (χ1) is 9.90. The van der Waals surface area contributed by atoms with Crippen LogP contribution in [0.3, 0.4) is 0 Å². The van der Waals surface area contributed by atoms with Gasteiger partial charge >= 0.3 is 0 Å². The molecule has 2 N–H and O–H groups in total. The molecular weight excluding hydrogens is 273 g/mol.